The van der Waals surface area contributed by atoms with Crippen LogP contribution in [0.15, 0.2) is 147 Å². The fraction of sp³-hybridized carbons (Fsp3) is 0.443. The summed E-state index contributed by atoms with van der Waals surface area (Å²) < 4.78 is 87.4. The normalized spacial score (nSPS) is 20.5. The second-order valence-corrected chi connectivity index (χ2v) is 42.8. The van der Waals surface area contributed by atoms with Crippen molar-refractivity contribution in [3.63, 3.8) is 0 Å². The Morgan fingerprint density at radius 1 is 0.358 bits per heavy atom. The van der Waals surface area contributed by atoms with Gasteiger partial charge in [0.15, 0.2) is 0 Å². The van der Waals surface area contributed by atoms with Gasteiger partial charge in [-0.25, -0.2) is 46.9 Å². The third-order valence-corrected chi connectivity index (χ3v) is 31.9. The first-order chi connectivity index (χ1) is 70.9. The van der Waals surface area contributed by atoms with Crippen molar-refractivity contribution >= 4 is 66.8 Å². The maximum Gasteiger partial charge on any atom is 0.249 e. The molecule has 0 atom stereocenters. The molecule has 4 aliphatic heterocycles. The zero-order valence-corrected chi connectivity index (χ0v) is 87.2. The van der Waals surface area contributed by atoms with Gasteiger partial charge in [-0.05, 0) is 176 Å². The summed E-state index contributed by atoms with van der Waals surface area (Å²) in [6.07, 6.45) is 23.3. The number of imidazole rings is 4. The van der Waals surface area contributed by atoms with E-state index in [9.17, 15) is 41.1 Å². The highest BCUT2D eigenvalue weighted by molar-refractivity contribution is 6.02. The average molecular weight is 2010 g/mol. The number of carbonyl (C=O) groups excluding carboxylic acids is 4. The van der Waals surface area contributed by atoms with E-state index in [1.54, 1.807) is 34.8 Å². The number of aryl methyl sites for hydroxylation is 8. The lowest BCUT2D eigenvalue weighted by Crippen LogP contribution is -2.40. The van der Waals surface area contributed by atoms with Crippen LogP contribution in [0.4, 0.5) is 22.0 Å². The van der Waals surface area contributed by atoms with Crippen LogP contribution >= 0.6 is 0 Å². The molecule has 148 heavy (non-hydrogen) atoms. The summed E-state index contributed by atoms with van der Waals surface area (Å²) in [5.74, 6) is 1.96. The number of benzene rings is 4. The largest absolute Gasteiger partial charge is 0.335 e. The first-order valence-electron chi connectivity index (χ1n) is 52.5. The fourth-order valence-corrected chi connectivity index (χ4v) is 23.8. The number of halogens is 5. The van der Waals surface area contributed by atoms with Crippen molar-refractivity contribution in [1.29, 1.82) is 0 Å². The lowest BCUT2D eigenvalue weighted by atomic mass is 9.73. The highest BCUT2D eigenvalue weighted by Crippen LogP contribution is 2.53. The van der Waals surface area contributed by atoms with E-state index in [4.69, 9.17) is 39.9 Å². The standard InChI is InChI=1S/2C30H35FN6O.C28H30F2N6O.C27H29FN6O/c1-5-27(38)36-13-14-37-26(18-36)28(33-29(37)20-9-11-30(3,31)12-10-20)22-8-6-7-21-15-25(32-16-23(21)22)24-17-35(4)34-19(24)2;1-5-26(38)36-13-14-37-25(18-36)28(34-29(37)20-9-11-30(3,31)12-10-20)22-7-6-8-24-23(22)15-19(2)27(33-24)21-16-32-35(4)17-21;1-5-24(37)35-8-9-36-23(15-35)26(32-27(36)19-11-28(29,30)12-19)25-16(2)6-7-18-10-22(31-13-20(18)25)21-14-34(4)33-17(21)3;1-4-24(35)33-10-11-34-23(16-33)25(30-26(34)18-13-27(2,28)14-18)19-7-5-6-17-12-22(29-15-20(17)19)21-8-9-32(3)31-21/h2*6-8,15-17,20H,5,9-14,18H2,1-4H3;6-7,10,13-14,19H,5,8-9,11-12,15H2,1-4H3;5-9,12,15,18H,4,10-11,13-14,16H2,1-3H3. The highest BCUT2D eigenvalue weighted by Gasteiger charge is 2.50. The lowest BCUT2D eigenvalue weighted by Gasteiger charge is -2.39. The Labute approximate surface area is 857 Å². The molecule has 12 aromatic heterocycles. The number of hydrogen-bond donors (Lipinski definition) is 0. The van der Waals surface area contributed by atoms with Gasteiger partial charge in [0.25, 0.3) is 0 Å². The molecule has 4 amide bonds. The number of carbonyl (C=O) groups is 4. The van der Waals surface area contributed by atoms with Gasteiger partial charge in [0, 0.05) is 247 Å². The molecule has 4 fully saturated rings. The summed E-state index contributed by atoms with van der Waals surface area (Å²) in [6, 6.07) is 33.1. The fourth-order valence-electron chi connectivity index (χ4n) is 23.8. The molecule has 28 nitrogen and oxygen atoms in total. The molecule has 0 bridgehead atoms. The van der Waals surface area contributed by atoms with Gasteiger partial charge in [-0.3, -0.25) is 52.9 Å². The van der Waals surface area contributed by atoms with Crippen molar-refractivity contribution in [2.24, 2.45) is 28.2 Å². The van der Waals surface area contributed by atoms with Crippen molar-refractivity contribution in [1.82, 2.24) is 117 Å². The van der Waals surface area contributed by atoms with Crippen LogP contribution in [0.2, 0.25) is 0 Å². The molecule has 16 aromatic rings. The van der Waals surface area contributed by atoms with Crippen molar-refractivity contribution < 1.29 is 41.1 Å². The molecule has 4 aliphatic carbocycles. The second-order valence-electron chi connectivity index (χ2n) is 42.8. The Morgan fingerprint density at radius 3 is 1.16 bits per heavy atom. The molecule has 768 valence electrons. The number of amides is 4. The number of rotatable bonds is 16. The van der Waals surface area contributed by atoms with Crippen LogP contribution in [0.5, 0.6) is 0 Å². The molecule has 0 unspecified atom stereocenters. The minimum atomic E-state index is -2.63. The van der Waals surface area contributed by atoms with Gasteiger partial charge < -0.3 is 37.9 Å². The third kappa shape index (κ3) is 19.3. The van der Waals surface area contributed by atoms with E-state index in [-0.39, 0.29) is 60.1 Å². The Hall–Kier alpha value is -14.3. The topological polar surface area (TPSA) is 275 Å². The van der Waals surface area contributed by atoms with Crippen molar-refractivity contribution in [3.8, 4) is 90.2 Å². The molecule has 8 aliphatic rings. The Kier molecular flexibility index (Phi) is 26.6. The maximum absolute atomic E-state index is 14.6. The molecule has 16 heterocycles. The van der Waals surface area contributed by atoms with E-state index in [1.165, 1.54) is 0 Å². The SMILES string of the molecule is CCC(=O)N1CCn2c(C3CC(C)(F)C3)nc(-c3cccc4cc(-c5ccn(C)n5)ncc34)c2C1.CCC(=O)N1CCn2c(C3CC(F)(F)C3)nc(-c3c(C)ccc4cc(-c5cn(C)nc5C)ncc34)c2C1.CCC(=O)N1CCn2c(C3CCC(C)(F)CC3)nc(-c3cccc4cc(-c5cn(C)nc5C)ncc34)c2C1.CCC(=O)N1CCn2c(C3CCC(C)(F)CC3)nc(-c3cccc4nc(-c5cnn(C)c5)c(C)cc34)c2C1. The van der Waals surface area contributed by atoms with Crippen LogP contribution in [0, 0.1) is 27.7 Å². The van der Waals surface area contributed by atoms with Gasteiger partial charge in [0.2, 0.25) is 29.6 Å². The molecular weight excluding hydrogens is 1880 g/mol. The van der Waals surface area contributed by atoms with Crippen molar-refractivity contribution in [2.75, 3.05) is 26.2 Å². The van der Waals surface area contributed by atoms with Gasteiger partial charge >= 0.3 is 0 Å². The molecule has 24 rings (SSSR count). The number of nitrogens with zero attached hydrogens (tertiary/aromatic N) is 24. The first-order valence-corrected chi connectivity index (χ1v) is 52.5. The summed E-state index contributed by atoms with van der Waals surface area (Å²) >= 11 is 0. The molecule has 4 aromatic carbocycles. The summed E-state index contributed by atoms with van der Waals surface area (Å²) in [5, 5.41) is 24.9. The number of alkyl halides is 5. The van der Waals surface area contributed by atoms with E-state index in [0.717, 1.165) is 235 Å². The van der Waals surface area contributed by atoms with E-state index >= 15 is 0 Å². The quantitative estimate of drug-likeness (QED) is 0.0813. The Morgan fingerprint density at radius 2 is 0.757 bits per heavy atom. The predicted octanol–water partition coefficient (Wildman–Crippen LogP) is 22.1. The number of pyridine rings is 4. The smallest absolute Gasteiger partial charge is 0.249 e. The second kappa shape index (κ2) is 39.4. The Balaban J connectivity index is 0.000000116. The molecule has 4 saturated carbocycles. The minimum absolute atomic E-state index is 0.0860. The molecular formula is C115H129F5N24O4. The molecule has 0 saturated heterocycles. The predicted molar refractivity (Wildman–Crippen MR) is 562 cm³/mol. The first kappa shape index (κ1) is 99.7. The zero-order chi connectivity index (χ0) is 104. The monoisotopic (exact) mass is 2010 g/mol. The summed E-state index contributed by atoms with van der Waals surface area (Å²) in [5.41, 5.74) is 20.4. The number of aromatic nitrogens is 20. The lowest BCUT2D eigenvalue weighted by molar-refractivity contribution is -0.133. The summed E-state index contributed by atoms with van der Waals surface area (Å²) in [4.78, 5) is 98.1. The summed E-state index contributed by atoms with van der Waals surface area (Å²) in [6.45, 7) is 28.1. The van der Waals surface area contributed by atoms with Gasteiger partial charge in [0.1, 0.15) is 46.0 Å². The van der Waals surface area contributed by atoms with Crippen LogP contribution < -0.4 is 0 Å². The van der Waals surface area contributed by atoms with Gasteiger partial charge in [-0.1, -0.05) is 88.4 Å². The van der Waals surface area contributed by atoms with Gasteiger partial charge in [-0.15, -0.1) is 0 Å². The minimum Gasteiger partial charge on any atom is -0.335 e. The zero-order valence-electron chi connectivity index (χ0n) is 87.2. The van der Waals surface area contributed by atoms with Crippen LogP contribution in [0.25, 0.3) is 133 Å². The van der Waals surface area contributed by atoms with E-state index in [2.05, 4.69) is 118 Å². The number of hydrogen-bond acceptors (Lipinski definition) is 16. The maximum atomic E-state index is 14.6. The molecule has 0 N–H and O–H groups in total. The van der Waals surface area contributed by atoms with Gasteiger partial charge in [0.05, 0.1) is 118 Å². The van der Waals surface area contributed by atoms with Gasteiger partial charge in [-0.2, -0.15) is 20.4 Å². The van der Waals surface area contributed by atoms with E-state index in [0.29, 0.717) is 135 Å². The van der Waals surface area contributed by atoms with Crippen LogP contribution in [-0.4, -0.2) is 190 Å². The van der Waals surface area contributed by atoms with Crippen LogP contribution in [0.1, 0.15) is 243 Å². The number of fused-ring (bicyclic) bond motifs is 8. The Bertz CT molecular complexity index is 7860. The van der Waals surface area contributed by atoms with Crippen LogP contribution in [0.3, 0.4) is 0 Å². The van der Waals surface area contributed by atoms with E-state index < -0.39 is 22.9 Å². The summed E-state index contributed by atoms with van der Waals surface area (Å²) in [7, 11) is 7.61. The third-order valence-electron chi connectivity index (χ3n) is 31.9. The van der Waals surface area contributed by atoms with Crippen molar-refractivity contribution in [2.45, 2.75) is 278 Å². The molecule has 0 spiro atoms. The van der Waals surface area contributed by atoms with E-state index in [1.807, 2.05) is 175 Å². The van der Waals surface area contributed by atoms with Crippen LogP contribution in [-0.2, 0) is 99.7 Å². The molecule has 33 heteroatoms. The molecule has 0 radical (unpaired) electrons. The van der Waals surface area contributed by atoms with Crippen molar-refractivity contribution in [3.05, 3.63) is 215 Å². The highest BCUT2D eigenvalue weighted by atomic mass is 19.3. The average Bonchev–Trinajstić information content (AvgIpc) is 1.63.